The van der Waals surface area contributed by atoms with E-state index in [1.54, 1.807) is 18.9 Å². The molecule has 0 unspecified atom stereocenters. The van der Waals surface area contributed by atoms with Crippen LogP contribution in [0.15, 0.2) is 52.5 Å². The van der Waals surface area contributed by atoms with Crippen molar-refractivity contribution in [2.24, 2.45) is 4.99 Å². The number of rotatable bonds is 4. The van der Waals surface area contributed by atoms with Crippen molar-refractivity contribution in [3.05, 3.63) is 48.0 Å². The van der Waals surface area contributed by atoms with Crippen LogP contribution in [-0.4, -0.2) is 48.2 Å². The Bertz CT molecular complexity index is 1210. The van der Waals surface area contributed by atoms with E-state index in [0.717, 1.165) is 76.6 Å². The van der Waals surface area contributed by atoms with Gasteiger partial charge in [0.2, 0.25) is 6.79 Å². The number of para-hydroxylation sites is 2. The van der Waals surface area contributed by atoms with Crippen LogP contribution >= 0.6 is 11.8 Å². The largest absolute Gasteiger partial charge is 0.494 e. The van der Waals surface area contributed by atoms with Gasteiger partial charge in [-0.05, 0) is 48.9 Å². The van der Waals surface area contributed by atoms with Gasteiger partial charge in [0.25, 0.3) is 0 Å². The molecule has 3 aliphatic heterocycles. The van der Waals surface area contributed by atoms with Crippen molar-refractivity contribution in [3.8, 4) is 17.2 Å². The molecule has 4 heterocycles. The van der Waals surface area contributed by atoms with Gasteiger partial charge in [-0.15, -0.1) is 0 Å². The van der Waals surface area contributed by atoms with Crippen molar-refractivity contribution < 1.29 is 18.9 Å². The molecule has 1 fully saturated rings. The number of ether oxygens (including phenoxy) is 4. The van der Waals surface area contributed by atoms with Gasteiger partial charge in [-0.1, -0.05) is 12.1 Å². The van der Waals surface area contributed by atoms with Crippen LogP contribution in [0.3, 0.4) is 0 Å². The Kier molecular flexibility index (Phi) is 5.04. The van der Waals surface area contributed by atoms with Crippen LogP contribution in [0, 0.1) is 0 Å². The maximum atomic E-state index is 5.93. The highest BCUT2D eigenvalue weighted by Gasteiger charge is 2.29. The van der Waals surface area contributed by atoms with Gasteiger partial charge in [0.1, 0.15) is 16.5 Å². The predicted molar refractivity (Wildman–Crippen MR) is 123 cm³/mol. The fraction of sp³-hybridized carbons (Fsp3) is 0.333. The summed E-state index contributed by atoms with van der Waals surface area (Å²) in [6, 6.07) is 14.0. The molecule has 0 amide bonds. The van der Waals surface area contributed by atoms with Gasteiger partial charge in [-0.25, -0.2) is 9.98 Å². The van der Waals surface area contributed by atoms with Gasteiger partial charge < -0.3 is 23.8 Å². The van der Waals surface area contributed by atoms with Crippen LogP contribution in [0.25, 0.3) is 10.9 Å². The van der Waals surface area contributed by atoms with E-state index >= 15 is 0 Å². The van der Waals surface area contributed by atoms with Crippen LogP contribution in [0.2, 0.25) is 0 Å². The molecule has 32 heavy (non-hydrogen) atoms. The van der Waals surface area contributed by atoms with Gasteiger partial charge >= 0.3 is 0 Å². The predicted octanol–water partition coefficient (Wildman–Crippen LogP) is 4.75. The lowest BCUT2D eigenvalue weighted by molar-refractivity contribution is 0.0903. The summed E-state index contributed by atoms with van der Waals surface area (Å²) >= 11 is 1.59. The molecule has 1 atom stereocenters. The minimum atomic E-state index is 0.224. The maximum Gasteiger partial charge on any atom is 0.231 e. The monoisotopic (exact) mass is 449 g/mol. The van der Waals surface area contributed by atoms with Crippen LogP contribution in [0.1, 0.15) is 18.4 Å². The third kappa shape index (κ3) is 3.63. The van der Waals surface area contributed by atoms with E-state index in [-0.39, 0.29) is 12.9 Å². The van der Waals surface area contributed by atoms with Crippen LogP contribution in [0.5, 0.6) is 17.2 Å². The van der Waals surface area contributed by atoms with Gasteiger partial charge in [-0.3, -0.25) is 0 Å². The van der Waals surface area contributed by atoms with E-state index in [1.807, 2.05) is 36.4 Å². The normalized spacial score (nSPS) is 20.7. The lowest BCUT2D eigenvalue weighted by Crippen LogP contribution is -2.37. The van der Waals surface area contributed by atoms with Gasteiger partial charge in [0.05, 0.1) is 18.7 Å². The molecule has 7 nitrogen and oxygen atoms in total. The number of pyridine rings is 1. The van der Waals surface area contributed by atoms with E-state index in [9.17, 15) is 0 Å². The molecule has 0 N–H and O–H groups in total. The van der Waals surface area contributed by atoms with E-state index in [1.165, 1.54) is 5.56 Å². The van der Waals surface area contributed by atoms with Crippen LogP contribution in [-0.2, 0) is 11.3 Å². The molecule has 1 aromatic heterocycles. The molecule has 3 aromatic rings. The Morgan fingerprint density at radius 2 is 2.06 bits per heavy atom. The average Bonchev–Trinajstić information content (AvgIpc) is 3.48. The lowest BCUT2D eigenvalue weighted by atomic mass is 10.1. The molecule has 164 valence electrons. The number of methoxy groups -OCH3 is 1. The number of aromatic nitrogens is 1. The molecular weight excluding hydrogens is 426 g/mol. The van der Waals surface area contributed by atoms with E-state index < -0.39 is 0 Å². The Balaban J connectivity index is 1.41. The van der Waals surface area contributed by atoms with Crippen LogP contribution < -0.4 is 14.2 Å². The van der Waals surface area contributed by atoms with Crippen molar-refractivity contribution in [1.29, 1.82) is 0 Å². The first-order valence-electron chi connectivity index (χ1n) is 10.8. The molecule has 0 bridgehead atoms. The molecular formula is C24H23N3O4S. The summed E-state index contributed by atoms with van der Waals surface area (Å²) in [5, 5.41) is 2.93. The third-order valence-electron chi connectivity index (χ3n) is 5.92. The van der Waals surface area contributed by atoms with Crippen molar-refractivity contribution >= 4 is 33.5 Å². The summed E-state index contributed by atoms with van der Waals surface area (Å²) in [4.78, 5) is 12.2. The van der Waals surface area contributed by atoms with E-state index in [0.29, 0.717) is 0 Å². The smallest absolute Gasteiger partial charge is 0.231 e. The highest BCUT2D eigenvalue weighted by atomic mass is 32.2. The zero-order chi connectivity index (χ0) is 21.5. The SMILES string of the molecule is COc1ccccc1N=C1Sc2nc3cc4c(cc3cc2CN1C[C@H]1CCCO1)OCO4. The molecule has 0 radical (unpaired) electrons. The fourth-order valence-corrected chi connectivity index (χ4v) is 5.30. The zero-order valence-corrected chi connectivity index (χ0v) is 18.6. The second-order valence-electron chi connectivity index (χ2n) is 8.03. The van der Waals surface area contributed by atoms with Crippen molar-refractivity contribution in [3.63, 3.8) is 0 Å². The summed E-state index contributed by atoms with van der Waals surface area (Å²) in [5.74, 6) is 2.27. The highest BCUT2D eigenvalue weighted by Crippen LogP contribution is 2.40. The topological polar surface area (TPSA) is 65.4 Å². The third-order valence-corrected chi connectivity index (χ3v) is 7.00. The number of hydrogen-bond acceptors (Lipinski definition) is 7. The number of nitrogens with zero attached hydrogens (tertiary/aromatic N) is 3. The van der Waals surface area contributed by atoms with Gasteiger partial charge in [-0.2, -0.15) is 0 Å². The Morgan fingerprint density at radius 3 is 2.91 bits per heavy atom. The number of fused-ring (bicyclic) bond motifs is 3. The standard InChI is InChI=1S/C24H23N3O4S/c1-28-20-7-3-2-6-18(20)26-24-27(13-17-5-4-8-29-17)12-16-9-15-10-21-22(31-14-30-21)11-19(15)25-23(16)32-24/h2-3,6-7,9-11,17H,4-5,8,12-14H2,1H3/t17-/m1/s1. The van der Waals surface area contributed by atoms with Gasteiger partial charge in [0, 0.05) is 36.7 Å². The molecule has 2 aromatic carbocycles. The highest BCUT2D eigenvalue weighted by molar-refractivity contribution is 8.13. The molecule has 1 saturated heterocycles. The number of aliphatic imine (C=N–C) groups is 1. The summed E-state index contributed by atoms with van der Waals surface area (Å²) in [7, 11) is 1.67. The summed E-state index contributed by atoms with van der Waals surface area (Å²) < 4.78 is 22.5. The molecule has 3 aliphatic rings. The zero-order valence-electron chi connectivity index (χ0n) is 17.7. The van der Waals surface area contributed by atoms with Gasteiger partial charge in [0.15, 0.2) is 16.7 Å². The Morgan fingerprint density at radius 1 is 1.19 bits per heavy atom. The summed E-state index contributed by atoms with van der Waals surface area (Å²) in [6.07, 6.45) is 2.41. The summed E-state index contributed by atoms with van der Waals surface area (Å²) in [6.45, 7) is 2.62. The first kappa shape index (κ1) is 19.7. The first-order chi connectivity index (χ1) is 15.8. The van der Waals surface area contributed by atoms with Crippen molar-refractivity contribution in [2.75, 3.05) is 27.1 Å². The molecule has 8 heteroatoms. The number of thioether (sulfide) groups is 1. The molecule has 0 saturated carbocycles. The maximum absolute atomic E-state index is 5.93. The molecule has 0 spiro atoms. The van der Waals surface area contributed by atoms with Crippen LogP contribution in [0.4, 0.5) is 5.69 Å². The quantitative estimate of drug-likeness (QED) is 0.570. The lowest BCUT2D eigenvalue weighted by Gasteiger charge is -2.32. The number of hydrogen-bond donors (Lipinski definition) is 0. The van der Waals surface area contributed by atoms with E-state index in [4.69, 9.17) is 28.9 Å². The second kappa shape index (κ2) is 8.18. The molecule has 0 aliphatic carbocycles. The van der Waals surface area contributed by atoms with E-state index in [2.05, 4.69) is 11.0 Å². The average molecular weight is 450 g/mol. The first-order valence-corrected chi connectivity index (χ1v) is 11.6. The number of benzene rings is 2. The minimum absolute atomic E-state index is 0.224. The van der Waals surface area contributed by atoms with Crippen molar-refractivity contribution in [2.45, 2.75) is 30.5 Å². The fourth-order valence-electron chi connectivity index (χ4n) is 4.31. The Hall–Kier alpha value is -2.97. The number of amidine groups is 1. The minimum Gasteiger partial charge on any atom is -0.494 e. The molecule has 6 rings (SSSR count). The van der Waals surface area contributed by atoms with Crippen molar-refractivity contribution in [1.82, 2.24) is 9.88 Å². The Labute approximate surface area is 190 Å². The summed E-state index contributed by atoms with van der Waals surface area (Å²) in [5.41, 5.74) is 2.88. The second-order valence-corrected chi connectivity index (χ2v) is 8.99.